The minimum atomic E-state index is 0.484. The summed E-state index contributed by atoms with van der Waals surface area (Å²) >= 11 is 0. The van der Waals surface area contributed by atoms with Crippen LogP contribution >= 0.6 is 0 Å². The smallest absolute Gasteiger partial charge is 0.0991 e. The summed E-state index contributed by atoms with van der Waals surface area (Å²) in [5.41, 5.74) is 3.40. The van der Waals surface area contributed by atoms with Crippen molar-refractivity contribution in [1.29, 1.82) is 5.26 Å². The van der Waals surface area contributed by atoms with Crippen LogP contribution in [0.4, 0.5) is 0 Å². The summed E-state index contributed by atoms with van der Waals surface area (Å²) in [6.45, 7) is 6.52. The van der Waals surface area contributed by atoms with Crippen molar-refractivity contribution in [3.63, 3.8) is 0 Å². The lowest BCUT2D eigenvalue weighted by Crippen LogP contribution is -1.94. The molecule has 0 aromatic heterocycles. The van der Waals surface area contributed by atoms with E-state index >= 15 is 0 Å². The van der Waals surface area contributed by atoms with Crippen LogP contribution in [0.25, 0.3) is 10.8 Å². The zero-order valence-electron chi connectivity index (χ0n) is 9.91. The molecule has 0 fully saturated rings. The first kappa shape index (κ1) is 10.7. The second-order valence-electron chi connectivity index (χ2n) is 4.50. The van der Waals surface area contributed by atoms with Crippen LogP contribution in [-0.2, 0) is 0 Å². The zero-order valence-corrected chi connectivity index (χ0v) is 9.91. The van der Waals surface area contributed by atoms with E-state index in [2.05, 4.69) is 39.0 Å². The van der Waals surface area contributed by atoms with Crippen LogP contribution in [0.5, 0.6) is 0 Å². The topological polar surface area (TPSA) is 23.8 Å². The van der Waals surface area contributed by atoms with Crippen molar-refractivity contribution in [2.45, 2.75) is 26.7 Å². The van der Waals surface area contributed by atoms with E-state index in [0.29, 0.717) is 5.92 Å². The number of aryl methyl sites for hydroxylation is 1. The Balaban J connectivity index is 2.84. The maximum Gasteiger partial charge on any atom is 0.0991 e. The van der Waals surface area contributed by atoms with Crippen molar-refractivity contribution < 1.29 is 0 Å². The number of hydrogen-bond acceptors (Lipinski definition) is 1. The van der Waals surface area contributed by atoms with Crippen molar-refractivity contribution in [3.8, 4) is 6.07 Å². The molecule has 2 aromatic rings. The van der Waals surface area contributed by atoms with Gasteiger partial charge in [0.15, 0.2) is 0 Å². The maximum absolute atomic E-state index is 8.95. The number of nitrogens with zero attached hydrogens (tertiary/aromatic N) is 1. The summed E-state index contributed by atoms with van der Waals surface area (Å²) in [4.78, 5) is 0. The van der Waals surface area contributed by atoms with Gasteiger partial charge in [0, 0.05) is 0 Å². The molecule has 0 heterocycles. The summed E-state index contributed by atoms with van der Waals surface area (Å²) in [6, 6.07) is 12.4. The molecule has 2 rings (SSSR count). The fourth-order valence-corrected chi connectivity index (χ4v) is 2.29. The largest absolute Gasteiger partial charge is 0.192 e. The van der Waals surface area contributed by atoms with Gasteiger partial charge in [0.25, 0.3) is 0 Å². The van der Waals surface area contributed by atoms with Gasteiger partial charge in [0.05, 0.1) is 11.6 Å². The van der Waals surface area contributed by atoms with Gasteiger partial charge in [-0.2, -0.15) is 5.26 Å². The van der Waals surface area contributed by atoms with Crippen LogP contribution in [0.3, 0.4) is 0 Å². The van der Waals surface area contributed by atoms with Gasteiger partial charge in [-0.25, -0.2) is 0 Å². The van der Waals surface area contributed by atoms with Crippen molar-refractivity contribution in [3.05, 3.63) is 47.0 Å². The van der Waals surface area contributed by atoms with Crippen LogP contribution in [0.2, 0.25) is 0 Å². The van der Waals surface area contributed by atoms with Gasteiger partial charge in [-0.3, -0.25) is 0 Å². The summed E-state index contributed by atoms with van der Waals surface area (Å²) in [6.07, 6.45) is 0. The first-order chi connectivity index (χ1) is 7.63. The minimum absolute atomic E-state index is 0.484. The van der Waals surface area contributed by atoms with Gasteiger partial charge in [-0.1, -0.05) is 32.0 Å². The second kappa shape index (κ2) is 3.98. The molecule has 0 aliphatic rings. The minimum Gasteiger partial charge on any atom is -0.192 e. The molecule has 0 amide bonds. The van der Waals surface area contributed by atoms with E-state index in [1.54, 1.807) is 0 Å². The van der Waals surface area contributed by atoms with Gasteiger partial charge < -0.3 is 0 Å². The molecule has 1 heteroatoms. The highest BCUT2D eigenvalue weighted by atomic mass is 14.2. The Labute approximate surface area is 96.3 Å². The van der Waals surface area contributed by atoms with Crippen molar-refractivity contribution in [2.24, 2.45) is 0 Å². The number of fused-ring (bicyclic) bond motifs is 1. The van der Waals surface area contributed by atoms with E-state index in [9.17, 15) is 0 Å². The molecule has 1 nitrogen and oxygen atoms in total. The Morgan fingerprint density at radius 2 is 1.81 bits per heavy atom. The van der Waals surface area contributed by atoms with E-state index in [0.717, 1.165) is 5.56 Å². The van der Waals surface area contributed by atoms with E-state index in [1.165, 1.54) is 21.9 Å². The average molecular weight is 209 g/mol. The Kier molecular flexibility index (Phi) is 2.66. The van der Waals surface area contributed by atoms with Crippen LogP contribution in [-0.4, -0.2) is 0 Å². The first-order valence-corrected chi connectivity index (χ1v) is 5.57. The Bertz CT molecular complexity index is 574. The number of benzene rings is 2. The highest BCUT2D eigenvalue weighted by molar-refractivity contribution is 5.88. The fraction of sp³-hybridized carbons (Fsp3) is 0.267. The molecule has 0 spiro atoms. The molecule has 80 valence electrons. The molecule has 0 N–H and O–H groups in total. The quantitative estimate of drug-likeness (QED) is 0.692. The molecule has 16 heavy (non-hydrogen) atoms. The maximum atomic E-state index is 8.95. The SMILES string of the molecule is Cc1ccc2ccc(C#N)cc2c1C(C)C. The average Bonchev–Trinajstić information content (AvgIpc) is 2.27. The molecule has 0 atom stereocenters. The van der Waals surface area contributed by atoms with E-state index < -0.39 is 0 Å². The van der Waals surface area contributed by atoms with Crippen LogP contribution in [0.1, 0.15) is 36.5 Å². The highest BCUT2D eigenvalue weighted by Gasteiger charge is 2.08. The van der Waals surface area contributed by atoms with Crippen LogP contribution < -0.4 is 0 Å². The fourth-order valence-electron chi connectivity index (χ4n) is 2.29. The highest BCUT2D eigenvalue weighted by Crippen LogP contribution is 2.29. The third-order valence-electron chi connectivity index (χ3n) is 2.99. The third-order valence-corrected chi connectivity index (χ3v) is 2.99. The van der Waals surface area contributed by atoms with Gasteiger partial charge in [0.1, 0.15) is 0 Å². The Morgan fingerprint density at radius 1 is 1.12 bits per heavy atom. The number of nitriles is 1. The van der Waals surface area contributed by atoms with Crippen molar-refractivity contribution in [1.82, 2.24) is 0 Å². The molecule has 0 aliphatic carbocycles. The van der Waals surface area contributed by atoms with Gasteiger partial charge >= 0.3 is 0 Å². The lowest BCUT2D eigenvalue weighted by atomic mass is 9.91. The lowest BCUT2D eigenvalue weighted by molar-refractivity contribution is 0.866. The van der Waals surface area contributed by atoms with E-state index in [-0.39, 0.29) is 0 Å². The summed E-state index contributed by atoms with van der Waals surface area (Å²) in [7, 11) is 0. The molecule has 2 aromatic carbocycles. The van der Waals surface area contributed by atoms with E-state index in [1.807, 2.05) is 18.2 Å². The molecular weight excluding hydrogens is 194 g/mol. The summed E-state index contributed by atoms with van der Waals surface area (Å²) in [5.74, 6) is 0.484. The van der Waals surface area contributed by atoms with Crippen LogP contribution in [0.15, 0.2) is 30.3 Å². The predicted octanol–water partition coefficient (Wildman–Crippen LogP) is 4.14. The summed E-state index contributed by atoms with van der Waals surface area (Å²) < 4.78 is 0. The first-order valence-electron chi connectivity index (χ1n) is 5.57. The molecule has 0 saturated heterocycles. The third kappa shape index (κ3) is 1.67. The monoisotopic (exact) mass is 209 g/mol. The predicted molar refractivity (Wildman–Crippen MR) is 67.5 cm³/mol. The molecule has 0 aliphatic heterocycles. The summed E-state index contributed by atoms with van der Waals surface area (Å²) in [5, 5.41) is 11.4. The van der Waals surface area contributed by atoms with Crippen molar-refractivity contribution >= 4 is 10.8 Å². The number of hydrogen-bond donors (Lipinski definition) is 0. The molecule has 0 bridgehead atoms. The van der Waals surface area contributed by atoms with E-state index in [4.69, 9.17) is 5.26 Å². The molecular formula is C15H15N. The molecule has 0 radical (unpaired) electrons. The van der Waals surface area contributed by atoms with Gasteiger partial charge in [-0.05, 0) is 46.9 Å². The van der Waals surface area contributed by atoms with Crippen molar-refractivity contribution in [2.75, 3.05) is 0 Å². The normalized spacial score (nSPS) is 10.7. The molecule has 0 unspecified atom stereocenters. The van der Waals surface area contributed by atoms with Gasteiger partial charge in [0.2, 0.25) is 0 Å². The van der Waals surface area contributed by atoms with Crippen LogP contribution in [0, 0.1) is 18.3 Å². The Morgan fingerprint density at radius 3 is 2.44 bits per heavy atom. The zero-order chi connectivity index (χ0) is 11.7. The molecule has 0 saturated carbocycles. The number of rotatable bonds is 1. The second-order valence-corrected chi connectivity index (χ2v) is 4.50. The standard InChI is InChI=1S/C15H15N/c1-10(2)15-11(3)4-6-13-7-5-12(9-16)8-14(13)15/h4-8,10H,1-3H3. The Hall–Kier alpha value is -1.81. The lowest BCUT2D eigenvalue weighted by Gasteiger charge is -2.13. The van der Waals surface area contributed by atoms with Gasteiger partial charge in [-0.15, -0.1) is 0 Å².